The van der Waals surface area contributed by atoms with Gasteiger partial charge in [0.2, 0.25) is 0 Å². The summed E-state index contributed by atoms with van der Waals surface area (Å²) in [7, 11) is 1.73. The van der Waals surface area contributed by atoms with E-state index in [0.717, 1.165) is 54.9 Å². The van der Waals surface area contributed by atoms with Crippen LogP contribution in [0, 0.1) is 0 Å². The Balaban J connectivity index is 1.65. The fraction of sp³-hybridized carbons (Fsp3) is 0.333. The molecule has 6 heteroatoms. The number of ether oxygens (including phenoxy) is 1. The second kappa shape index (κ2) is 8.63. The molecule has 1 amide bonds. The van der Waals surface area contributed by atoms with Crippen molar-refractivity contribution in [2.45, 2.75) is 52.1 Å². The van der Waals surface area contributed by atoms with E-state index < -0.39 is 0 Å². The van der Waals surface area contributed by atoms with E-state index in [4.69, 9.17) is 4.74 Å². The van der Waals surface area contributed by atoms with Crippen molar-refractivity contribution >= 4 is 17.2 Å². The van der Waals surface area contributed by atoms with Gasteiger partial charge in [-0.3, -0.25) is 9.78 Å². The van der Waals surface area contributed by atoms with Gasteiger partial charge in [-0.15, -0.1) is 11.3 Å². The third-order valence-corrected chi connectivity index (χ3v) is 8.34. The summed E-state index contributed by atoms with van der Waals surface area (Å²) >= 11 is 1.75. The maximum atomic E-state index is 14.1. The van der Waals surface area contributed by atoms with Crippen LogP contribution in [0.15, 0.2) is 54.2 Å². The molecule has 1 aromatic carbocycles. The van der Waals surface area contributed by atoms with Gasteiger partial charge in [0.05, 0.1) is 12.8 Å². The van der Waals surface area contributed by atoms with Gasteiger partial charge in [0.1, 0.15) is 11.4 Å². The quantitative estimate of drug-likeness (QED) is 0.317. The normalized spacial score (nSPS) is 15.2. The zero-order valence-electron chi connectivity index (χ0n) is 21.3. The van der Waals surface area contributed by atoms with Crippen LogP contribution in [0.5, 0.6) is 5.75 Å². The second-order valence-corrected chi connectivity index (χ2v) is 11.6. The number of aryl methyl sites for hydroxylation is 1. The molecule has 0 spiro atoms. The van der Waals surface area contributed by atoms with E-state index in [1.54, 1.807) is 24.6 Å². The van der Waals surface area contributed by atoms with Crippen LogP contribution in [0.2, 0.25) is 0 Å². The van der Waals surface area contributed by atoms with Gasteiger partial charge >= 0.3 is 0 Å². The number of carbonyl (C=O) groups is 1. The molecule has 6 rings (SSSR count). The molecule has 36 heavy (non-hydrogen) atoms. The molecule has 2 aliphatic rings. The number of fused-ring (bicyclic) bond motifs is 5. The number of hydrogen-bond acceptors (Lipinski definition) is 4. The van der Waals surface area contributed by atoms with E-state index in [1.165, 1.54) is 32.8 Å². The molecule has 184 valence electrons. The average molecular weight is 498 g/mol. The zero-order valence-corrected chi connectivity index (χ0v) is 22.1. The molecule has 2 aliphatic heterocycles. The van der Waals surface area contributed by atoms with Gasteiger partial charge in [0.15, 0.2) is 0 Å². The lowest BCUT2D eigenvalue weighted by Crippen LogP contribution is -2.46. The number of methoxy groups -OCH3 is 1. The highest BCUT2D eigenvalue weighted by Crippen LogP contribution is 2.48. The summed E-state index contributed by atoms with van der Waals surface area (Å²) in [5.41, 5.74) is 8.75. The van der Waals surface area contributed by atoms with Crippen LogP contribution in [-0.2, 0) is 19.4 Å². The maximum absolute atomic E-state index is 14.1. The molecule has 0 saturated heterocycles. The highest BCUT2D eigenvalue weighted by molar-refractivity contribution is 7.13. The van der Waals surface area contributed by atoms with Gasteiger partial charge in [-0.25, -0.2) is 0 Å². The first-order chi connectivity index (χ1) is 17.4. The third-order valence-electron chi connectivity index (χ3n) is 7.46. The summed E-state index contributed by atoms with van der Waals surface area (Å²) in [5, 5.41) is 2.13. The summed E-state index contributed by atoms with van der Waals surface area (Å²) in [6, 6.07) is 12.8. The Morgan fingerprint density at radius 3 is 2.58 bits per heavy atom. The Morgan fingerprint density at radius 2 is 1.89 bits per heavy atom. The van der Waals surface area contributed by atoms with Crippen LogP contribution in [-0.4, -0.2) is 39.6 Å². The molecule has 5 nitrogen and oxygen atoms in total. The van der Waals surface area contributed by atoms with Crippen molar-refractivity contribution in [1.29, 1.82) is 0 Å². The summed E-state index contributed by atoms with van der Waals surface area (Å²) in [5.74, 6) is 1.01. The minimum atomic E-state index is -0.222. The van der Waals surface area contributed by atoms with E-state index >= 15 is 0 Å². The second-order valence-electron chi connectivity index (χ2n) is 10.6. The molecule has 0 bridgehead atoms. The number of aromatic nitrogens is 2. The lowest BCUT2D eigenvalue weighted by atomic mass is 9.90. The van der Waals surface area contributed by atoms with Crippen molar-refractivity contribution in [2.24, 2.45) is 0 Å². The Bertz CT molecular complexity index is 1450. The monoisotopic (exact) mass is 497 g/mol. The topological polar surface area (TPSA) is 47.4 Å². The minimum absolute atomic E-state index is 0.156. The van der Waals surface area contributed by atoms with Crippen molar-refractivity contribution in [3.05, 3.63) is 71.0 Å². The number of rotatable bonds is 3. The number of benzene rings is 1. The molecule has 0 fully saturated rings. The molecule has 0 unspecified atom stereocenters. The van der Waals surface area contributed by atoms with Gasteiger partial charge < -0.3 is 14.2 Å². The van der Waals surface area contributed by atoms with Gasteiger partial charge in [-0.05, 0) is 80.8 Å². The summed E-state index contributed by atoms with van der Waals surface area (Å²) in [6.07, 6.45) is 6.40. The van der Waals surface area contributed by atoms with Crippen molar-refractivity contribution in [3.63, 3.8) is 0 Å². The third kappa shape index (κ3) is 3.58. The van der Waals surface area contributed by atoms with Crippen molar-refractivity contribution < 1.29 is 9.53 Å². The first-order valence-electron chi connectivity index (χ1n) is 12.6. The van der Waals surface area contributed by atoms with Gasteiger partial charge in [-0.1, -0.05) is 12.1 Å². The van der Waals surface area contributed by atoms with Crippen molar-refractivity contribution in [3.8, 4) is 38.6 Å². The van der Waals surface area contributed by atoms with Crippen LogP contribution in [0.3, 0.4) is 0 Å². The van der Waals surface area contributed by atoms with Crippen LogP contribution in [0.1, 0.15) is 48.8 Å². The number of amides is 1. The molecule has 0 aliphatic carbocycles. The Kier molecular flexibility index (Phi) is 5.52. The zero-order chi connectivity index (χ0) is 25.0. The predicted octanol–water partition coefficient (Wildman–Crippen LogP) is 6.70. The summed E-state index contributed by atoms with van der Waals surface area (Å²) in [6.45, 7) is 7.98. The van der Waals surface area contributed by atoms with Gasteiger partial charge in [0.25, 0.3) is 5.91 Å². The fourth-order valence-corrected chi connectivity index (χ4v) is 6.63. The molecule has 5 heterocycles. The molecule has 0 radical (unpaired) electrons. The van der Waals surface area contributed by atoms with E-state index in [1.807, 2.05) is 12.3 Å². The maximum Gasteiger partial charge on any atom is 0.271 e. The standard InChI is InChI=1S/C30H31N3O2S/c1-30(2,3)33-13-6-9-21-26(25-10-7-15-36-25)27-23-17-22(20-8-5-12-31-18-20)24(35-4)16-19(23)11-14-32(27)28(21)29(33)34/h5,7-8,10,12,15-18H,6,9,11,13-14H2,1-4H3. The Hall–Kier alpha value is -3.38. The Labute approximate surface area is 216 Å². The minimum Gasteiger partial charge on any atom is -0.496 e. The van der Waals surface area contributed by atoms with E-state index in [0.29, 0.717) is 0 Å². The van der Waals surface area contributed by atoms with Crippen molar-refractivity contribution in [2.75, 3.05) is 13.7 Å². The first kappa shape index (κ1) is 23.0. The first-order valence-corrected chi connectivity index (χ1v) is 13.5. The van der Waals surface area contributed by atoms with Crippen LogP contribution >= 0.6 is 11.3 Å². The summed E-state index contributed by atoms with van der Waals surface area (Å²) < 4.78 is 8.15. The van der Waals surface area contributed by atoms with Crippen molar-refractivity contribution in [1.82, 2.24) is 14.5 Å². The molecular formula is C30H31N3O2S. The molecule has 3 aromatic heterocycles. The molecule has 0 N–H and O–H groups in total. The number of nitrogens with zero attached hydrogens (tertiary/aromatic N) is 3. The van der Waals surface area contributed by atoms with Gasteiger partial charge in [0, 0.05) is 58.2 Å². The fourth-order valence-electron chi connectivity index (χ4n) is 5.83. The number of thiophene rings is 1. The Morgan fingerprint density at radius 1 is 1.03 bits per heavy atom. The molecule has 0 saturated carbocycles. The number of pyridine rings is 1. The van der Waals surface area contributed by atoms with Crippen LogP contribution in [0.4, 0.5) is 0 Å². The van der Waals surface area contributed by atoms with Crippen LogP contribution in [0.25, 0.3) is 32.8 Å². The number of carbonyl (C=O) groups excluding carboxylic acids is 1. The predicted molar refractivity (Wildman–Crippen MR) is 146 cm³/mol. The largest absolute Gasteiger partial charge is 0.496 e. The van der Waals surface area contributed by atoms with E-state index in [9.17, 15) is 4.79 Å². The SMILES string of the molecule is COc1cc2c(cc1-c1cccnc1)-c1c(-c3cccs3)c3c(n1CC2)C(=O)N(C(C)(C)C)CCC3. The highest BCUT2D eigenvalue weighted by Gasteiger charge is 2.38. The summed E-state index contributed by atoms with van der Waals surface area (Å²) in [4.78, 5) is 21.8. The van der Waals surface area contributed by atoms with E-state index in [-0.39, 0.29) is 11.4 Å². The number of hydrogen-bond donors (Lipinski definition) is 0. The highest BCUT2D eigenvalue weighted by atomic mass is 32.1. The lowest BCUT2D eigenvalue weighted by Gasteiger charge is -2.35. The average Bonchev–Trinajstić information content (AvgIpc) is 3.47. The molecular weight excluding hydrogens is 466 g/mol. The molecule has 4 aromatic rings. The van der Waals surface area contributed by atoms with Crippen LogP contribution < -0.4 is 4.74 Å². The van der Waals surface area contributed by atoms with Gasteiger partial charge in [-0.2, -0.15) is 0 Å². The lowest BCUT2D eigenvalue weighted by molar-refractivity contribution is 0.0579. The smallest absolute Gasteiger partial charge is 0.271 e. The van der Waals surface area contributed by atoms with E-state index in [2.05, 4.69) is 70.9 Å². The molecule has 0 atom stereocenters.